The van der Waals surface area contributed by atoms with Crippen molar-refractivity contribution in [3.8, 4) is 0 Å². The third-order valence-corrected chi connectivity index (χ3v) is 2.09. The molecule has 0 aliphatic heterocycles. The van der Waals surface area contributed by atoms with Gasteiger partial charge in [0.2, 0.25) is 0 Å². The highest BCUT2D eigenvalue weighted by molar-refractivity contribution is 5.90. The largest absolute Gasteiger partial charge is 0.336 e. The molecule has 0 aliphatic carbocycles. The van der Waals surface area contributed by atoms with Crippen molar-refractivity contribution >= 4 is 17.4 Å². The number of carbonyl (C=O) groups is 1. The Morgan fingerprint density at radius 3 is 2.53 bits per heavy atom. The third kappa shape index (κ3) is 3.75. The van der Waals surface area contributed by atoms with Crippen molar-refractivity contribution in [2.24, 2.45) is 0 Å². The topological polar surface area (TPSA) is 84.3 Å². The summed E-state index contributed by atoms with van der Waals surface area (Å²) in [4.78, 5) is 21.5. The van der Waals surface area contributed by atoms with Gasteiger partial charge in [-0.3, -0.25) is 10.1 Å². The molecule has 0 radical (unpaired) electrons. The molecule has 6 nitrogen and oxygen atoms in total. The lowest BCUT2D eigenvalue weighted by molar-refractivity contribution is -0.384. The average Bonchev–Trinajstić information content (AvgIpc) is 2.19. The van der Waals surface area contributed by atoms with Crippen LogP contribution in [-0.2, 0) is 0 Å². The van der Waals surface area contributed by atoms with Crippen molar-refractivity contribution in [2.45, 2.75) is 26.8 Å². The zero-order valence-corrected chi connectivity index (χ0v) is 9.98. The van der Waals surface area contributed by atoms with Crippen LogP contribution in [0.3, 0.4) is 0 Å². The molecule has 0 heterocycles. The van der Waals surface area contributed by atoms with Crippen molar-refractivity contribution in [3.63, 3.8) is 0 Å². The number of hydrogen-bond donors (Lipinski definition) is 2. The van der Waals surface area contributed by atoms with Crippen LogP contribution in [0.4, 0.5) is 16.2 Å². The molecule has 0 saturated carbocycles. The van der Waals surface area contributed by atoms with Gasteiger partial charge in [0.15, 0.2) is 0 Å². The number of nitrogens with one attached hydrogen (secondary N) is 2. The van der Waals surface area contributed by atoms with Gasteiger partial charge in [0.25, 0.3) is 5.69 Å². The Hall–Kier alpha value is -2.11. The lowest BCUT2D eigenvalue weighted by Gasteiger charge is -2.11. The monoisotopic (exact) mass is 237 g/mol. The highest BCUT2D eigenvalue weighted by Gasteiger charge is 2.10. The number of nitro groups is 1. The molecule has 6 heteroatoms. The van der Waals surface area contributed by atoms with E-state index in [1.165, 1.54) is 18.2 Å². The number of anilines is 1. The maximum Gasteiger partial charge on any atom is 0.319 e. The molecule has 0 aromatic heterocycles. The molecule has 0 spiro atoms. The van der Waals surface area contributed by atoms with Gasteiger partial charge in [0.1, 0.15) is 0 Å². The molecule has 0 unspecified atom stereocenters. The summed E-state index contributed by atoms with van der Waals surface area (Å²) in [6.07, 6.45) is 0. The molecule has 2 N–H and O–H groups in total. The molecule has 2 amide bonds. The average molecular weight is 237 g/mol. The maximum absolute atomic E-state index is 11.4. The first-order chi connectivity index (χ1) is 7.90. The summed E-state index contributed by atoms with van der Waals surface area (Å²) in [6.45, 7) is 5.41. The molecule has 17 heavy (non-hydrogen) atoms. The van der Waals surface area contributed by atoms with Crippen LogP contribution >= 0.6 is 0 Å². The van der Waals surface area contributed by atoms with E-state index in [4.69, 9.17) is 0 Å². The van der Waals surface area contributed by atoms with E-state index in [-0.39, 0.29) is 17.8 Å². The van der Waals surface area contributed by atoms with Gasteiger partial charge in [-0.2, -0.15) is 0 Å². The Kier molecular flexibility index (Phi) is 4.03. The van der Waals surface area contributed by atoms with E-state index >= 15 is 0 Å². The molecule has 0 fully saturated rings. The van der Waals surface area contributed by atoms with Crippen LogP contribution in [0, 0.1) is 17.0 Å². The third-order valence-electron chi connectivity index (χ3n) is 2.09. The van der Waals surface area contributed by atoms with Gasteiger partial charge in [-0.25, -0.2) is 4.79 Å². The number of amides is 2. The van der Waals surface area contributed by atoms with Gasteiger partial charge >= 0.3 is 6.03 Å². The van der Waals surface area contributed by atoms with E-state index in [1.807, 2.05) is 13.8 Å². The summed E-state index contributed by atoms with van der Waals surface area (Å²) in [5, 5.41) is 15.8. The van der Waals surface area contributed by atoms with Crippen LogP contribution in [-0.4, -0.2) is 17.0 Å². The number of urea groups is 1. The molecular weight excluding hydrogens is 222 g/mol. The zero-order chi connectivity index (χ0) is 13.0. The minimum absolute atomic E-state index is 0.0114. The number of hydrogen-bond acceptors (Lipinski definition) is 3. The van der Waals surface area contributed by atoms with Gasteiger partial charge in [0, 0.05) is 23.9 Å². The van der Waals surface area contributed by atoms with E-state index in [1.54, 1.807) is 6.92 Å². The molecular formula is C11H15N3O3. The maximum atomic E-state index is 11.4. The molecule has 0 saturated heterocycles. The van der Waals surface area contributed by atoms with Crippen LogP contribution in [0.1, 0.15) is 19.4 Å². The minimum Gasteiger partial charge on any atom is -0.336 e. The minimum atomic E-state index is -0.467. The van der Waals surface area contributed by atoms with Crippen molar-refractivity contribution < 1.29 is 9.72 Å². The second-order valence-electron chi connectivity index (χ2n) is 4.01. The number of aryl methyl sites for hydroxylation is 1. The second kappa shape index (κ2) is 5.29. The van der Waals surface area contributed by atoms with Crippen LogP contribution in [0.5, 0.6) is 0 Å². The quantitative estimate of drug-likeness (QED) is 0.625. The first-order valence-corrected chi connectivity index (χ1v) is 5.22. The van der Waals surface area contributed by atoms with Crippen LogP contribution in [0.2, 0.25) is 0 Å². The van der Waals surface area contributed by atoms with Crippen LogP contribution in [0.25, 0.3) is 0 Å². The first-order valence-electron chi connectivity index (χ1n) is 5.22. The summed E-state index contributed by atoms with van der Waals surface area (Å²) in [6, 6.07) is 4.02. The molecule has 1 aromatic carbocycles. The van der Waals surface area contributed by atoms with Crippen molar-refractivity contribution in [3.05, 3.63) is 33.9 Å². The predicted molar refractivity (Wildman–Crippen MR) is 65.1 cm³/mol. The summed E-state index contributed by atoms with van der Waals surface area (Å²) in [7, 11) is 0. The molecule has 0 bridgehead atoms. The van der Waals surface area contributed by atoms with E-state index in [0.717, 1.165) is 0 Å². The lowest BCUT2D eigenvalue weighted by atomic mass is 10.2. The summed E-state index contributed by atoms with van der Waals surface area (Å²) >= 11 is 0. The number of nitrogens with zero attached hydrogens (tertiary/aromatic N) is 1. The Labute approximate surface area is 99.2 Å². The Balaban J connectivity index is 2.79. The molecule has 1 aromatic rings. The number of rotatable bonds is 3. The first kappa shape index (κ1) is 13.0. The predicted octanol–water partition coefficient (Wildman–Crippen LogP) is 2.43. The summed E-state index contributed by atoms with van der Waals surface area (Å²) in [5.74, 6) is 0. The number of nitro benzene ring substituents is 1. The highest BCUT2D eigenvalue weighted by atomic mass is 16.6. The van der Waals surface area contributed by atoms with Crippen LogP contribution in [0.15, 0.2) is 18.2 Å². The fourth-order valence-electron chi connectivity index (χ4n) is 1.32. The number of benzene rings is 1. The van der Waals surface area contributed by atoms with Crippen molar-refractivity contribution in [1.82, 2.24) is 5.32 Å². The SMILES string of the molecule is Cc1cc([N+](=O)[O-])ccc1NC(=O)NC(C)C. The van der Waals surface area contributed by atoms with Gasteiger partial charge in [-0.05, 0) is 32.4 Å². The van der Waals surface area contributed by atoms with Gasteiger partial charge in [-0.15, -0.1) is 0 Å². The summed E-state index contributed by atoms with van der Waals surface area (Å²) in [5.41, 5.74) is 1.23. The zero-order valence-electron chi connectivity index (χ0n) is 9.98. The molecule has 0 atom stereocenters. The van der Waals surface area contributed by atoms with E-state index < -0.39 is 4.92 Å². The molecule has 1 rings (SSSR count). The smallest absolute Gasteiger partial charge is 0.319 e. The number of non-ortho nitro benzene ring substituents is 1. The fourth-order valence-corrected chi connectivity index (χ4v) is 1.32. The Morgan fingerprint density at radius 2 is 2.06 bits per heavy atom. The standard InChI is InChI=1S/C11H15N3O3/c1-7(2)12-11(15)13-10-5-4-9(14(16)17)6-8(10)3/h4-7H,1-3H3,(H2,12,13,15). The van der Waals surface area contributed by atoms with Gasteiger partial charge < -0.3 is 10.6 Å². The normalized spacial score (nSPS) is 10.1. The van der Waals surface area contributed by atoms with E-state index in [0.29, 0.717) is 11.3 Å². The van der Waals surface area contributed by atoms with Gasteiger partial charge in [-0.1, -0.05) is 0 Å². The highest BCUT2D eigenvalue weighted by Crippen LogP contribution is 2.20. The molecule has 0 aliphatic rings. The van der Waals surface area contributed by atoms with Crippen molar-refractivity contribution in [1.29, 1.82) is 0 Å². The Bertz CT molecular complexity index is 444. The van der Waals surface area contributed by atoms with Crippen LogP contribution < -0.4 is 10.6 Å². The lowest BCUT2D eigenvalue weighted by Crippen LogP contribution is -2.34. The van der Waals surface area contributed by atoms with E-state index in [9.17, 15) is 14.9 Å². The van der Waals surface area contributed by atoms with Gasteiger partial charge in [0.05, 0.1) is 4.92 Å². The second-order valence-corrected chi connectivity index (χ2v) is 4.01. The van der Waals surface area contributed by atoms with Crippen molar-refractivity contribution in [2.75, 3.05) is 5.32 Å². The summed E-state index contributed by atoms with van der Waals surface area (Å²) < 4.78 is 0. The number of carbonyl (C=O) groups excluding carboxylic acids is 1. The molecule has 92 valence electrons. The van der Waals surface area contributed by atoms with E-state index in [2.05, 4.69) is 10.6 Å². The fraction of sp³-hybridized carbons (Fsp3) is 0.364. The Morgan fingerprint density at radius 1 is 1.41 bits per heavy atom.